The molecule has 6 heteroatoms. The summed E-state index contributed by atoms with van der Waals surface area (Å²) in [5, 5.41) is 4.62. The van der Waals surface area contributed by atoms with Crippen molar-refractivity contribution in [1.29, 1.82) is 0 Å². The monoisotopic (exact) mass is 363 g/mol. The summed E-state index contributed by atoms with van der Waals surface area (Å²) in [7, 11) is 1.77. The lowest BCUT2D eigenvalue weighted by Crippen LogP contribution is -2.56. The normalized spacial score (nSPS) is 23.0. The highest BCUT2D eigenvalue weighted by atomic mass is 16.5. The topological polar surface area (TPSA) is 56.6 Å². The third-order valence-corrected chi connectivity index (χ3v) is 5.74. The molecule has 2 saturated heterocycles. The first-order valence-corrected chi connectivity index (χ1v) is 10.0. The van der Waals surface area contributed by atoms with Gasteiger partial charge in [0.2, 0.25) is 0 Å². The first-order valence-electron chi connectivity index (χ1n) is 10.0. The molecule has 0 N–H and O–H groups in total. The number of carbonyl (C=O) groups excluding carboxylic acids is 1. The molecule has 0 bridgehead atoms. The van der Waals surface area contributed by atoms with Crippen LogP contribution in [-0.2, 0) is 22.4 Å². The molecule has 146 valence electrons. The van der Waals surface area contributed by atoms with Crippen LogP contribution in [0.4, 0.5) is 0 Å². The van der Waals surface area contributed by atoms with Crippen LogP contribution >= 0.6 is 0 Å². The molecule has 0 radical (unpaired) electrons. The van der Waals surface area contributed by atoms with Crippen molar-refractivity contribution in [2.45, 2.75) is 71.1 Å². The van der Waals surface area contributed by atoms with E-state index in [1.807, 2.05) is 22.6 Å². The minimum Gasteiger partial charge on any atom is -0.378 e. The van der Waals surface area contributed by atoms with Gasteiger partial charge in [0.15, 0.2) is 0 Å². The highest BCUT2D eigenvalue weighted by Gasteiger charge is 2.45. The molecule has 1 amide bonds. The summed E-state index contributed by atoms with van der Waals surface area (Å²) < 4.78 is 13.7. The van der Waals surface area contributed by atoms with Crippen LogP contribution in [0.1, 0.15) is 62.6 Å². The van der Waals surface area contributed by atoms with Gasteiger partial charge in [0, 0.05) is 33.4 Å². The Kier molecular flexibility index (Phi) is 6.03. The van der Waals surface area contributed by atoms with E-state index in [0.717, 1.165) is 44.4 Å². The van der Waals surface area contributed by atoms with Gasteiger partial charge >= 0.3 is 0 Å². The zero-order valence-corrected chi connectivity index (χ0v) is 16.7. The van der Waals surface area contributed by atoms with Gasteiger partial charge in [-0.1, -0.05) is 13.8 Å². The van der Waals surface area contributed by atoms with E-state index in [-0.39, 0.29) is 17.6 Å². The Bertz CT molecular complexity index is 618. The van der Waals surface area contributed by atoms with Gasteiger partial charge < -0.3 is 14.4 Å². The number of hydrogen-bond acceptors (Lipinski definition) is 4. The summed E-state index contributed by atoms with van der Waals surface area (Å²) in [4.78, 5) is 15.1. The van der Waals surface area contributed by atoms with E-state index in [1.165, 1.54) is 0 Å². The zero-order chi connectivity index (χ0) is 18.7. The standard InChI is InChI=1S/C20H33N3O3/c1-5-23-17(14-16(21-23)13-15(2)3)19(24)22-10-8-20(9-11-22)18(25-4)7-6-12-26-20/h14-15,18H,5-13H2,1-4H3/t18-/m1/s1. The highest BCUT2D eigenvalue weighted by Crippen LogP contribution is 2.37. The van der Waals surface area contributed by atoms with Crippen molar-refractivity contribution >= 4 is 5.91 Å². The Morgan fingerprint density at radius 1 is 1.42 bits per heavy atom. The lowest BCUT2D eigenvalue weighted by molar-refractivity contribution is -0.183. The maximum absolute atomic E-state index is 13.1. The summed E-state index contributed by atoms with van der Waals surface area (Å²) in [6, 6.07) is 1.98. The van der Waals surface area contributed by atoms with Crippen LogP contribution in [0.2, 0.25) is 0 Å². The van der Waals surface area contributed by atoms with Crippen molar-refractivity contribution in [3.05, 3.63) is 17.5 Å². The number of aryl methyl sites for hydroxylation is 1. The zero-order valence-electron chi connectivity index (χ0n) is 16.7. The molecule has 1 aromatic heterocycles. The van der Waals surface area contributed by atoms with E-state index in [0.29, 0.717) is 31.2 Å². The van der Waals surface area contributed by atoms with Gasteiger partial charge in [0.25, 0.3) is 5.91 Å². The van der Waals surface area contributed by atoms with E-state index >= 15 is 0 Å². The average Bonchev–Trinajstić information content (AvgIpc) is 3.04. The van der Waals surface area contributed by atoms with Crippen molar-refractivity contribution in [3.8, 4) is 0 Å². The van der Waals surface area contributed by atoms with E-state index in [2.05, 4.69) is 18.9 Å². The first kappa shape index (κ1) is 19.4. The Morgan fingerprint density at radius 2 is 2.15 bits per heavy atom. The Labute approximate surface area is 156 Å². The maximum Gasteiger partial charge on any atom is 0.272 e. The molecule has 0 aliphatic carbocycles. The molecule has 3 rings (SSSR count). The van der Waals surface area contributed by atoms with Crippen LogP contribution in [0.15, 0.2) is 6.07 Å². The van der Waals surface area contributed by atoms with Gasteiger partial charge in [-0.25, -0.2) is 0 Å². The van der Waals surface area contributed by atoms with Gasteiger partial charge in [0.05, 0.1) is 17.4 Å². The third kappa shape index (κ3) is 3.81. The summed E-state index contributed by atoms with van der Waals surface area (Å²) >= 11 is 0. The van der Waals surface area contributed by atoms with Gasteiger partial charge in [-0.05, 0) is 51.0 Å². The van der Waals surface area contributed by atoms with Gasteiger partial charge in [-0.15, -0.1) is 0 Å². The smallest absolute Gasteiger partial charge is 0.272 e. The summed E-state index contributed by atoms with van der Waals surface area (Å²) in [6.45, 7) is 9.33. The molecule has 0 unspecified atom stereocenters. The number of piperidine rings is 1. The molecule has 3 heterocycles. The second kappa shape index (κ2) is 8.09. The predicted molar refractivity (Wildman–Crippen MR) is 100 cm³/mol. The highest BCUT2D eigenvalue weighted by molar-refractivity contribution is 5.92. The number of likely N-dealkylation sites (tertiary alicyclic amines) is 1. The molecular weight excluding hydrogens is 330 g/mol. The van der Waals surface area contributed by atoms with Crippen LogP contribution in [0, 0.1) is 5.92 Å². The molecule has 6 nitrogen and oxygen atoms in total. The van der Waals surface area contributed by atoms with Crippen molar-refractivity contribution in [2.24, 2.45) is 5.92 Å². The minimum atomic E-state index is -0.211. The second-order valence-electron chi connectivity index (χ2n) is 8.01. The van der Waals surface area contributed by atoms with Crippen LogP contribution in [0.5, 0.6) is 0 Å². The number of nitrogens with zero attached hydrogens (tertiary/aromatic N) is 3. The summed E-state index contributed by atoms with van der Waals surface area (Å²) in [6.07, 6.45) is 4.84. The van der Waals surface area contributed by atoms with Crippen molar-refractivity contribution in [2.75, 3.05) is 26.8 Å². The first-order chi connectivity index (χ1) is 12.5. The van der Waals surface area contributed by atoms with Crippen molar-refractivity contribution in [3.63, 3.8) is 0 Å². The van der Waals surface area contributed by atoms with E-state index < -0.39 is 0 Å². The molecule has 2 aliphatic heterocycles. The summed E-state index contributed by atoms with van der Waals surface area (Å²) in [5.41, 5.74) is 1.51. The fraction of sp³-hybridized carbons (Fsp3) is 0.800. The number of carbonyl (C=O) groups is 1. The molecule has 2 fully saturated rings. The summed E-state index contributed by atoms with van der Waals surface area (Å²) in [5.74, 6) is 0.622. The number of rotatable bonds is 5. The fourth-order valence-corrected chi connectivity index (χ4v) is 4.35. The van der Waals surface area contributed by atoms with Crippen molar-refractivity contribution < 1.29 is 14.3 Å². The van der Waals surface area contributed by atoms with Crippen LogP contribution in [0.25, 0.3) is 0 Å². The van der Waals surface area contributed by atoms with Crippen LogP contribution in [0.3, 0.4) is 0 Å². The fourth-order valence-electron chi connectivity index (χ4n) is 4.35. The number of hydrogen-bond donors (Lipinski definition) is 0. The molecule has 1 atom stereocenters. The van der Waals surface area contributed by atoms with Gasteiger partial charge in [-0.3, -0.25) is 9.48 Å². The average molecular weight is 364 g/mol. The Hall–Kier alpha value is -1.40. The number of methoxy groups -OCH3 is 1. The Balaban J connectivity index is 1.69. The van der Waals surface area contributed by atoms with E-state index in [4.69, 9.17) is 9.47 Å². The second-order valence-corrected chi connectivity index (χ2v) is 8.01. The van der Waals surface area contributed by atoms with Gasteiger partial charge in [0.1, 0.15) is 5.69 Å². The van der Waals surface area contributed by atoms with Crippen LogP contribution < -0.4 is 0 Å². The minimum absolute atomic E-state index is 0.0917. The molecule has 2 aliphatic rings. The maximum atomic E-state index is 13.1. The largest absolute Gasteiger partial charge is 0.378 e. The van der Waals surface area contributed by atoms with E-state index in [1.54, 1.807) is 7.11 Å². The molecule has 0 aromatic carbocycles. The molecule has 0 saturated carbocycles. The molecular formula is C20H33N3O3. The molecule has 1 spiro atoms. The van der Waals surface area contributed by atoms with Crippen molar-refractivity contribution in [1.82, 2.24) is 14.7 Å². The lowest BCUT2D eigenvalue weighted by Gasteiger charge is -2.47. The quantitative estimate of drug-likeness (QED) is 0.807. The number of aromatic nitrogens is 2. The Morgan fingerprint density at radius 3 is 2.77 bits per heavy atom. The lowest BCUT2D eigenvalue weighted by atomic mass is 9.82. The van der Waals surface area contributed by atoms with E-state index in [9.17, 15) is 4.79 Å². The van der Waals surface area contributed by atoms with Gasteiger partial charge in [-0.2, -0.15) is 5.10 Å². The molecule has 26 heavy (non-hydrogen) atoms. The SMILES string of the molecule is CCn1nc(CC(C)C)cc1C(=O)N1CCC2(CC1)OCCC[C@H]2OC. The molecule has 1 aromatic rings. The van der Waals surface area contributed by atoms with Crippen LogP contribution in [-0.4, -0.2) is 59.1 Å². The number of ether oxygens (including phenoxy) is 2. The third-order valence-electron chi connectivity index (χ3n) is 5.74. The number of amides is 1. The predicted octanol–water partition coefficient (Wildman–Crippen LogP) is 2.90.